The standard InChI is InChI=1S/C20H8Br2N2O9/c21-14-16(25)11(23(29)30)5-9-13(7-3-1-2-4-8(7)20(27)28)10-6-12(24(31)32)17(26)15(22)19(10)33-18(9)14/h1-6H,(H2-,25,26,27,28)/p+1. The fourth-order valence-electron chi connectivity index (χ4n) is 3.49. The molecule has 0 atom stereocenters. The summed E-state index contributed by atoms with van der Waals surface area (Å²) < 4.78 is 5.39. The quantitative estimate of drug-likeness (QED) is 0.113. The lowest BCUT2D eigenvalue weighted by atomic mass is 9.93. The lowest BCUT2D eigenvalue weighted by Crippen LogP contribution is -2.01. The second kappa shape index (κ2) is 7.94. The summed E-state index contributed by atoms with van der Waals surface area (Å²) in [6.07, 6.45) is 0. The van der Waals surface area contributed by atoms with Crippen molar-refractivity contribution in [3.05, 3.63) is 71.1 Å². The van der Waals surface area contributed by atoms with Crippen molar-refractivity contribution in [3.8, 4) is 22.6 Å². The van der Waals surface area contributed by atoms with Gasteiger partial charge in [-0.25, -0.2) is 9.21 Å². The highest BCUT2D eigenvalue weighted by atomic mass is 79.9. The second-order valence-corrected chi connectivity index (χ2v) is 8.30. The normalized spacial score (nSPS) is 11.1. The van der Waals surface area contributed by atoms with Gasteiger partial charge in [-0.3, -0.25) is 20.2 Å². The van der Waals surface area contributed by atoms with Crippen molar-refractivity contribution in [2.24, 2.45) is 0 Å². The third-order valence-electron chi connectivity index (χ3n) is 4.91. The molecular weight excluding hydrogens is 572 g/mol. The first-order valence-corrected chi connectivity index (χ1v) is 10.4. The predicted molar refractivity (Wildman–Crippen MR) is 123 cm³/mol. The number of rotatable bonds is 4. The van der Waals surface area contributed by atoms with Gasteiger partial charge in [0.2, 0.25) is 11.5 Å². The number of hydrogen-bond acceptors (Lipinski definition) is 7. The van der Waals surface area contributed by atoms with Crippen LogP contribution in [0.3, 0.4) is 0 Å². The number of nitro benzene ring substituents is 2. The summed E-state index contributed by atoms with van der Waals surface area (Å²) >= 11 is 6.14. The van der Waals surface area contributed by atoms with Crippen LogP contribution >= 0.6 is 31.9 Å². The van der Waals surface area contributed by atoms with E-state index >= 15 is 0 Å². The molecule has 4 rings (SSSR count). The molecule has 0 aliphatic heterocycles. The number of carbonyl (C=O) groups is 1. The first-order valence-electron chi connectivity index (χ1n) is 8.82. The zero-order valence-corrected chi connectivity index (χ0v) is 19.1. The predicted octanol–water partition coefficient (Wildman–Crippen LogP) is 5.98. The summed E-state index contributed by atoms with van der Waals surface area (Å²) in [5.74, 6) is -2.79. The number of fused-ring (bicyclic) bond motifs is 2. The lowest BCUT2D eigenvalue weighted by molar-refractivity contribution is -0.385. The Morgan fingerprint density at radius 2 is 1.33 bits per heavy atom. The van der Waals surface area contributed by atoms with Crippen LogP contribution in [0.1, 0.15) is 10.4 Å². The summed E-state index contributed by atoms with van der Waals surface area (Å²) in [6.45, 7) is 0. The van der Waals surface area contributed by atoms with Gasteiger partial charge in [0.05, 0.1) is 26.2 Å². The minimum absolute atomic E-state index is 0.000497. The minimum Gasteiger partial charge on any atom is -0.501 e. The minimum atomic E-state index is -1.31. The number of halogens is 2. The van der Waals surface area contributed by atoms with E-state index in [0.29, 0.717) is 0 Å². The zero-order valence-electron chi connectivity index (χ0n) is 15.9. The fraction of sp³-hybridized carbons (Fsp3) is 0. The molecule has 1 heterocycles. The Balaban J connectivity index is 2.38. The molecular formula is C20H9Br2N2O9+. The number of phenolic OH excluding ortho intramolecular Hbond substituents is 2. The maximum Gasteiger partial charge on any atom is 0.379 e. The first kappa shape index (κ1) is 22.4. The van der Waals surface area contributed by atoms with E-state index in [9.17, 15) is 40.3 Å². The number of benzene rings is 3. The molecule has 3 aromatic carbocycles. The van der Waals surface area contributed by atoms with Crippen LogP contribution in [0, 0.1) is 20.2 Å². The highest BCUT2D eigenvalue weighted by molar-refractivity contribution is 9.11. The van der Waals surface area contributed by atoms with Crippen LogP contribution < -0.4 is 0 Å². The molecule has 33 heavy (non-hydrogen) atoms. The van der Waals surface area contributed by atoms with E-state index in [4.69, 9.17) is 4.42 Å². The summed E-state index contributed by atoms with van der Waals surface area (Å²) in [6, 6.07) is 7.69. The summed E-state index contributed by atoms with van der Waals surface area (Å²) in [7, 11) is 0. The topological polar surface area (TPSA) is 175 Å². The number of hydrogen-bond donors (Lipinski definition) is 3. The molecule has 166 valence electrons. The zero-order chi connectivity index (χ0) is 24.2. The number of aromatic carboxylic acids is 1. The summed E-state index contributed by atoms with van der Waals surface area (Å²) in [4.78, 5) is 33.3. The molecule has 0 saturated heterocycles. The van der Waals surface area contributed by atoms with Crippen molar-refractivity contribution in [3.63, 3.8) is 0 Å². The van der Waals surface area contributed by atoms with Gasteiger partial charge in [0.25, 0.3) is 0 Å². The van der Waals surface area contributed by atoms with Gasteiger partial charge in [-0.05, 0) is 43.5 Å². The van der Waals surface area contributed by atoms with Gasteiger partial charge in [0.15, 0.2) is 8.95 Å². The average Bonchev–Trinajstić information content (AvgIpc) is 2.77. The number of nitrogens with zero attached hydrogens (tertiary/aromatic N) is 2. The molecule has 0 aliphatic carbocycles. The molecule has 0 aliphatic rings. The van der Waals surface area contributed by atoms with Crippen molar-refractivity contribution < 1.29 is 34.4 Å². The van der Waals surface area contributed by atoms with E-state index in [2.05, 4.69) is 31.9 Å². The highest BCUT2D eigenvalue weighted by Crippen LogP contribution is 2.50. The molecule has 0 bridgehead atoms. The van der Waals surface area contributed by atoms with E-state index in [1.807, 2.05) is 0 Å². The Bertz CT molecular complexity index is 1470. The van der Waals surface area contributed by atoms with Crippen LogP contribution in [0.4, 0.5) is 11.4 Å². The summed E-state index contributed by atoms with van der Waals surface area (Å²) in [5.41, 5.74) is -1.70. The van der Waals surface area contributed by atoms with Crippen LogP contribution in [0.15, 0.2) is 49.8 Å². The Kier molecular flexibility index (Phi) is 5.38. The fourth-order valence-corrected chi connectivity index (χ4v) is 4.49. The van der Waals surface area contributed by atoms with E-state index in [1.54, 1.807) is 0 Å². The Hall–Kier alpha value is -3.84. The van der Waals surface area contributed by atoms with Gasteiger partial charge in [-0.1, -0.05) is 18.2 Å². The van der Waals surface area contributed by atoms with Crippen LogP contribution in [0.2, 0.25) is 0 Å². The smallest absolute Gasteiger partial charge is 0.379 e. The molecule has 13 heteroatoms. The number of aromatic hydroxyl groups is 2. The second-order valence-electron chi connectivity index (χ2n) is 6.71. The molecule has 0 spiro atoms. The molecule has 1 aromatic heterocycles. The van der Waals surface area contributed by atoms with E-state index in [1.165, 1.54) is 24.3 Å². The molecule has 0 unspecified atom stereocenters. The number of carboxylic acids is 1. The monoisotopic (exact) mass is 579 g/mol. The van der Waals surface area contributed by atoms with Crippen LogP contribution in [0.25, 0.3) is 33.1 Å². The van der Waals surface area contributed by atoms with Crippen molar-refractivity contribution in [2.75, 3.05) is 0 Å². The van der Waals surface area contributed by atoms with Gasteiger partial charge < -0.3 is 15.3 Å². The molecule has 4 aromatic rings. The SMILES string of the molecule is O=C(O)c1ccccc1-c1c2cc([N+](=O)[O-])c(O)c(Br)c2[o+]c2c(Br)c(O)c([N+](=O)[O-])cc12. The van der Waals surface area contributed by atoms with Crippen molar-refractivity contribution >= 4 is 71.1 Å². The van der Waals surface area contributed by atoms with Gasteiger partial charge in [-0.2, -0.15) is 0 Å². The number of carboxylic acid groups (broad SMARTS) is 1. The third kappa shape index (κ3) is 3.41. The lowest BCUT2D eigenvalue weighted by Gasteiger charge is -2.10. The average molecular weight is 581 g/mol. The molecule has 0 amide bonds. The Morgan fingerprint density at radius 1 is 0.879 bits per heavy atom. The Morgan fingerprint density at radius 3 is 1.76 bits per heavy atom. The molecule has 0 fully saturated rings. The molecule has 11 nitrogen and oxygen atoms in total. The van der Waals surface area contributed by atoms with Gasteiger partial charge in [-0.15, -0.1) is 0 Å². The number of phenols is 2. The summed E-state index contributed by atoms with van der Waals surface area (Å²) in [5, 5.41) is 53.3. The van der Waals surface area contributed by atoms with E-state index < -0.39 is 38.7 Å². The number of nitro groups is 2. The molecule has 3 N–H and O–H groups in total. The molecule has 0 saturated carbocycles. The van der Waals surface area contributed by atoms with Crippen molar-refractivity contribution in [1.29, 1.82) is 0 Å². The highest BCUT2D eigenvalue weighted by Gasteiger charge is 2.35. The van der Waals surface area contributed by atoms with Gasteiger partial charge >= 0.3 is 28.5 Å². The first-order chi connectivity index (χ1) is 15.5. The molecule has 0 radical (unpaired) electrons. The van der Waals surface area contributed by atoms with Crippen LogP contribution in [-0.4, -0.2) is 31.1 Å². The largest absolute Gasteiger partial charge is 0.501 e. The van der Waals surface area contributed by atoms with E-state index in [0.717, 1.165) is 12.1 Å². The van der Waals surface area contributed by atoms with Gasteiger partial charge in [0.1, 0.15) is 0 Å². The van der Waals surface area contributed by atoms with Gasteiger partial charge in [0, 0.05) is 17.7 Å². The van der Waals surface area contributed by atoms with Crippen LogP contribution in [-0.2, 0) is 0 Å². The van der Waals surface area contributed by atoms with E-state index in [-0.39, 0.29) is 47.6 Å². The van der Waals surface area contributed by atoms with Crippen molar-refractivity contribution in [2.45, 2.75) is 0 Å². The maximum atomic E-state index is 11.9. The Labute approximate surface area is 199 Å². The van der Waals surface area contributed by atoms with Crippen molar-refractivity contribution in [1.82, 2.24) is 0 Å². The van der Waals surface area contributed by atoms with Crippen LogP contribution in [0.5, 0.6) is 11.5 Å². The third-order valence-corrected chi connectivity index (χ3v) is 6.39. The maximum absolute atomic E-state index is 11.9.